The Hall–Kier alpha value is -2.38. The third kappa shape index (κ3) is 5.30. The van der Waals surface area contributed by atoms with Gasteiger partial charge in [0.05, 0.1) is 10.6 Å². The van der Waals surface area contributed by atoms with Gasteiger partial charge in [0.25, 0.3) is 15.9 Å². The summed E-state index contributed by atoms with van der Waals surface area (Å²) in [5, 5.41) is 6.03. The molecular formula is C20H27N3O3S. The Morgan fingerprint density at radius 3 is 2.44 bits per heavy atom. The summed E-state index contributed by atoms with van der Waals surface area (Å²) in [6, 6.07) is 13.5. The Morgan fingerprint density at radius 2 is 1.81 bits per heavy atom. The van der Waals surface area contributed by atoms with E-state index >= 15 is 0 Å². The number of aryl methyl sites for hydroxylation is 1. The number of nitrogens with one attached hydrogen (secondary N) is 2. The lowest BCUT2D eigenvalue weighted by molar-refractivity contribution is 0.0950. The van der Waals surface area contributed by atoms with Crippen LogP contribution in [-0.2, 0) is 10.0 Å². The van der Waals surface area contributed by atoms with E-state index in [2.05, 4.69) is 10.6 Å². The molecule has 0 bridgehead atoms. The molecule has 0 aliphatic rings. The van der Waals surface area contributed by atoms with Crippen LogP contribution in [-0.4, -0.2) is 40.5 Å². The molecule has 0 aromatic heterocycles. The molecule has 7 heteroatoms. The molecule has 0 radical (unpaired) electrons. The third-order valence-electron chi connectivity index (χ3n) is 4.27. The van der Waals surface area contributed by atoms with Crippen molar-refractivity contribution in [2.24, 2.45) is 0 Å². The first-order valence-electron chi connectivity index (χ1n) is 8.93. The molecule has 2 aromatic carbocycles. The fraction of sp³-hybridized carbons (Fsp3) is 0.350. The van der Waals surface area contributed by atoms with Crippen LogP contribution in [0.15, 0.2) is 53.4 Å². The number of likely N-dealkylation sites (N-methyl/N-ethyl adjacent to an activating group) is 1. The fourth-order valence-corrected chi connectivity index (χ4v) is 3.86. The van der Waals surface area contributed by atoms with Gasteiger partial charge >= 0.3 is 0 Å². The molecule has 0 heterocycles. The van der Waals surface area contributed by atoms with Gasteiger partial charge in [-0.1, -0.05) is 30.7 Å². The number of carbonyl (C=O) groups is 1. The van der Waals surface area contributed by atoms with E-state index in [4.69, 9.17) is 0 Å². The molecule has 0 spiro atoms. The minimum atomic E-state index is -3.76. The monoisotopic (exact) mass is 389 g/mol. The lowest BCUT2D eigenvalue weighted by atomic mass is 10.2. The fourth-order valence-electron chi connectivity index (χ4n) is 2.62. The summed E-state index contributed by atoms with van der Waals surface area (Å²) >= 11 is 0. The number of hydrogen-bond acceptors (Lipinski definition) is 4. The molecule has 0 unspecified atom stereocenters. The van der Waals surface area contributed by atoms with Gasteiger partial charge in [0.2, 0.25) is 0 Å². The first-order valence-corrected chi connectivity index (χ1v) is 10.4. The van der Waals surface area contributed by atoms with Crippen molar-refractivity contribution in [3.05, 3.63) is 59.7 Å². The maximum absolute atomic E-state index is 12.9. The molecule has 1 amide bonds. The van der Waals surface area contributed by atoms with Gasteiger partial charge in [-0.3, -0.25) is 9.10 Å². The minimum absolute atomic E-state index is 0.0814. The number of nitrogens with zero attached hydrogens (tertiary/aromatic N) is 1. The Kier molecular flexibility index (Phi) is 6.98. The normalized spacial score (nSPS) is 12.4. The average Bonchev–Trinajstić information content (AvgIpc) is 2.66. The summed E-state index contributed by atoms with van der Waals surface area (Å²) in [6.45, 7) is 7.19. The second kappa shape index (κ2) is 9.01. The highest BCUT2D eigenvalue weighted by Gasteiger charge is 2.22. The molecule has 0 fully saturated rings. The molecule has 0 saturated carbocycles. The van der Waals surface area contributed by atoms with Gasteiger partial charge in [-0.25, -0.2) is 8.42 Å². The van der Waals surface area contributed by atoms with Crippen molar-refractivity contribution in [3.8, 4) is 0 Å². The maximum atomic E-state index is 12.9. The van der Waals surface area contributed by atoms with E-state index in [0.717, 1.165) is 12.1 Å². The van der Waals surface area contributed by atoms with Gasteiger partial charge in [0.15, 0.2) is 0 Å². The molecule has 0 aliphatic heterocycles. The van der Waals surface area contributed by atoms with E-state index in [-0.39, 0.29) is 16.8 Å². The van der Waals surface area contributed by atoms with E-state index in [0.29, 0.717) is 17.8 Å². The molecular weight excluding hydrogens is 362 g/mol. The molecule has 146 valence electrons. The van der Waals surface area contributed by atoms with Crippen molar-refractivity contribution in [2.45, 2.75) is 31.7 Å². The molecule has 2 rings (SSSR count). The highest BCUT2D eigenvalue weighted by Crippen LogP contribution is 2.23. The van der Waals surface area contributed by atoms with Crippen molar-refractivity contribution < 1.29 is 13.2 Å². The van der Waals surface area contributed by atoms with Crippen molar-refractivity contribution in [2.75, 3.05) is 24.4 Å². The molecule has 2 aromatic rings. The zero-order valence-electron chi connectivity index (χ0n) is 16.2. The number of sulfonamides is 1. The van der Waals surface area contributed by atoms with Crippen molar-refractivity contribution in [1.29, 1.82) is 0 Å². The molecule has 6 nitrogen and oxygen atoms in total. The Balaban J connectivity index is 2.19. The zero-order valence-corrected chi connectivity index (χ0v) is 17.0. The van der Waals surface area contributed by atoms with Gasteiger partial charge in [-0.2, -0.15) is 0 Å². The van der Waals surface area contributed by atoms with Crippen molar-refractivity contribution >= 4 is 21.6 Å². The van der Waals surface area contributed by atoms with E-state index in [1.165, 1.54) is 23.5 Å². The standard InChI is InChI=1S/C20H27N3O3S/c1-5-21-16(3)14-22-20(24)17-7-6-8-19(13-17)27(25,26)23(4)18-11-9-15(2)10-12-18/h6-13,16,21H,5,14H2,1-4H3,(H,22,24)/t16-/m1/s1. The molecule has 2 N–H and O–H groups in total. The summed E-state index contributed by atoms with van der Waals surface area (Å²) < 4.78 is 27.1. The van der Waals surface area contributed by atoms with Gasteiger partial charge in [-0.15, -0.1) is 0 Å². The van der Waals surface area contributed by atoms with Crippen LogP contribution >= 0.6 is 0 Å². The number of carbonyl (C=O) groups excluding carboxylic acids is 1. The van der Waals surface area contributed by atoms with Crippen LogP contribution < -0.4 is 14.9 Å². The number of benzene rings is 2. The number of rotatable bonds is 8. The van der Waals surface area contributed by atoms with Gasteiger partial charge in [0.1, 0.15) is 0 Å². The highest BCUT2D eigenvalue weighted by atomic mass is 32.2. The quantitative estimate of drug-likeness (QED) is 0.727. The first-order chi connectivity index (χ1) is 12.8. The summed E-state index contributed by atoms with van der Waals surface area (Å²) in [4.78, 5) is 12.4. The predicted octanol–water partition coefficient (Wildman–Crippen LogP) is 2.55. The lowest BCUT2D eigenvalue weighted by Gasteiger charge is -2.20. The predicted molar refractivity (Wildman–Crippen MR) is 109 cm³/mol. The molecule has 1 atom stereocenters. The van der Waals surface area contributed by atoms with Crippen LogP contribution in [0.5, 0.6) is 0 Å². The lowest BCUT2D eigenvalue weighted by Crippen LogP contribution is -2.38. The second-order valence-electron chi connectivity index (χ2n) is 6.50. The van der Waals surface area contributed by atoms with Gasteiger partial charge in [0, 0.05) is 25.2 Å². The third-order valence-corrected chi connectivity index (χ3v) is 6.06. The van der Waals surface area contributed by atoms with Crippen LogP contribution in [0.1, 0.15) is 29.8 Å². The average molecular weight is 390 g/mol. The van der Waals surface area contributed by atoms with Crippen LogP contribution in [0.25, 0.3) is 0 Å². The topological polar surface area (TPSA) is 78.5 Å². The SMILES string of the molecule is CCN[C@H](C)CNC(=O)c1cccc(S(=O)(=O)N(C)c2ccc(C)cc2)c1. The number of hydrogen-bond donors (Lipinski definition) is 2. The Bertz CT molecular complexity index is 880. The van der Waals surface area contributed by atoms with E-state index in [1.54, 1.807) is 24.3 Å². The van der Waals surface area contributed by atoms with Crippen LogP contribution in [0.3, 0.4) is 0 Å². The molecule has 27 heavy (non-hydrogen) atoms. The van der Waals surface area contributed by atoms with Gasteiger partial charge < -0.3 is 10.6 Å². The van der Waals surface area contributed by atoms with Crippen LogP contribution in [0, 0.1) is 6.92 Å². The largest absolute Gasteiger partial charge is 0.350 e. The van der Waals surface area contributed by atoms with Crippen molar-refractivity contribution in [1.82, 2.24) is 10.6 Å². The zero-order chi connectivity index (χ0) is 20.0. The summed E-state index contributed by atoms with van der Waals surface area (Å²) in [5.41, 5.74) is 1.93. The van der Waals surface area contributed by atoms with E-state index < -0.39 is 10.0 Å². The highest BCUT2D eigenvalue weighted by molar-refractivity contribution is 7.92. The van der Waals surface area contributed by atoms with E-state index in [1.807, 2.05) is 32.9 Å². The van der Waals surface area contributed by atoms with E-state index in [9.17, 15) is 13.2 Å². The molecule has 0 saturated heterocycles. The summed E-state index contributed by atoms with van der Waals surface area (Å²) in [7, 11) is -2.26. The minimum Gasteiger partial charge on any atom is -0.350 e. The van der Waals surface area contributed by atoms with Crippen molar-refractivity contribution in [3.63, 3.8) is 0 Å². The van der Waals surface area contributed by atoms with Crippen LogP contribution in [0.2, 0.25) is 0 Å². The second-order valence-corrected chi connectivity index (χ2v) is 8.47. The Labute approximate surface area is 161 Å². The number of anilines is 1. The maximum Gasteiger partial charge on any atom is 0.264 e. The summed E-state index contributed by atoms with van der Waals surface area (Å²) in [5.74, 6) is -0.296. The van der Waals surface area contributed by atoms with Crippen LogP contribution in [0.4, 0.5) is 5.69 Å². The summed E-state index contributed by atoms with van der Waals surface area (Å²) in [6.07, 6.45) is 0. The first kappa shape index (κ1) is 20.9. The number of amides is 1. The Morgan fingerprint density at radius 1 is 1.15 bits per heavy atom. The van der Waals surface area contributed by atoms with Gasteiger partial charge in [-0.05, 0) is 50.7 Å². The smallest absolute Gasteiger partial charge is 0.264 e. The molecule has 0 aliphatic carbocycles.